The lowest BCUT2D eigenvalue weighted by molar-refractivity contribution is -0.137. The van der Waals surface area contributed by atoms with Crippen LogP contribution in [0.4, 0.5) is 0 Å². The number of carbonyl (C=O) groups is 1. The molecule has 0 saturated carbocycles. The Morgan fingerprint density at radius 3 is 1.64 bits per heavy atom. The van der Waals surface area contributed by atoms with Gasteiger partial charge in [0.1, 0.15) is 0 Å². The predicted octanol–water partition coefficient (Wildman–Crippen LogP) is 6.77. The number of alkyl halides is 2. The zero-order valence-corrected chi connectivity index (χ0v) is 15.7. The standard InChI is InChI=1S/C18H34Cl2O2/c1-2-3-4-5-6-7-8-9-10-13-16(19)17(20)14-11-12-15-18(21)22/h16-17H,2-15H2,1H3,(H,21,22). The Bertz CT molecular complexity index is 259. The van der Waals surface area contributed by atoms with Crippen LogP contribution in [-0.2, 0) is 4.79 Å². The number of unbranched alkanes of at least 4 members (excludes halogenated alkanes) is 9. The van der Waals surface area contributed by atoms with E-state index in [0.29, 0.717) is 6.42 Å². The number of hydrogen-bond acceptors (Lipinski definition) is 1. The molecule has 2 atom stereocenters. The van der Waals surface area contributed by atoms with Crippen LogP contribution in [0, 0.1) is 0 Å². The number of rotatable bonds is 16. The van der Waals surface area contributed by atoms with Crippen molar-refractivity contribution in [1.82, 2.24) is 0 Å². The van der Waals surface area contributed by atoms with Crippen molar-refractivity contribution >= 4 is 29.2 Å². The number of carboxylic acid groups (broad SMARTS) is 1. The van der Waals surface area contributed by atoms with E-state index in [1.807, 2.05) is 0 Å². The topological polar surface area (TPSA) is 37.3 Å². The van der Waals surface area contributed by atoms with E-state index in [-0.39, 0.29) is 17.2 Å². The summed E-state index contributed by atoms with van der Waals surface area (Å²) in [6.07, 6.45) is 15.4. The molecule has 0 aliphatic heterocycles. The number of halogens is 2. The summed E-state index contributed by atoms with van der Waals surface area (Å²) >= 11 is 12.6. The van der Waals surface area contributed by atoms with E-state index in [1.165, 1.54) is 51.4 Å². The molecule has 0 aliphatic carbocycles. The lowest BCUT2D eigenvalue weighted by atomic mass is 10.0. The van der Waals surface area contributed by atoms with Gasteiger partial charge in [0.2, 0.25) is 0 Å². The van der Waals surface area contributed by atoms with Crippen molar-refractivity contribution in [2.24, 2.45) is 0 Å². The van der Waals surface area contributed by atoms with Crippen molar-refractivity contribution in [2.75, 3.05) is 0 Å². The van der Waals surface area contributed by atoms with E-state index >= 15 is 0 Å². The molecular weight excluding hydrogens is 319 g/mol. The van der Waals surface area contributed by atoms with Gasteiger partial charge in [-0.3, -0.25) is 4.79 Å². The minimum atomic E-state index is -0.733. The van der Waals surface area contributed by atoms with Gasteiger partial charge in [-0.15, -0.1) is 23.2 Å². The first-order valence-corrected chi connectivity index (χ1v) is 9.95. The van der Waals surface area contributed by atoms with Crippen molar-refractivity contribution in [1.29, 1.82) is 0 Å². The molecule has 4 heteroatoms. The van der Waals surface area contributed by atoms with Gasteiger partial charge in [0.15, 0.2) is 0 Å². The molecule has 2 nitrogen and oxygen atoms in total. The molecule has 0 spiro atoms. The van der Waals surface area contributed by atoms with Gasteiger partial charge in [-0.05, 0) is 19.3 Å². The average molecular weight is 353 g/mol. The van der Waals surface area contributed by atoms with Gasteiger partial charge in [-0.1, -0.05) is 71.1 Å². The highest BCUT2D eigenvalue weighted by molar-refractivity contribution is 6.29. The number of hydrogen-bond donors (Lipinski definition) is 1. The maximum absolute atomic E-state index is 10.4. The molecule has 0 radical (unpaired) electrons. The molecule has 22 heavy (non-hydrogen) atoms. The molecule has 132 valence electrons. The SMILES string of the molecule is CCCCCCCCCCCC(Cl)C(Cl)CCCCC(=O)O. The molecule has 0 aromatic carbocycles. The fraction of sp³-hybridized carbons (Fsp3) is 0.944. The minimum absolute atomic E-state index is 0.0236. The van der Waals surface area contributed by atoms with Crippen molar-refractivity contribution in [3.8, 4) is 0 Å². The zero-order valence-electron chi connectivity index (χ0n) is 14.2. The zero-order chi connectivity index (χ0) is 16.6. The van der Waals surface area contributed by atoms with Gasteiger partial charge in [-0.25, -0.2) is 0 Å². The van der Waals surface area contributed by atoms with E-state index in [0.717, 1.165) is 25.7 Å². The second-order valence-electron chi connectivity index (χ2n) is 6.29. The van der Waals surface area contributed by atoms with E-state index in [4.69, 9.17) is 28.3 Å². The monoisotopic (exact) mass is 352 g/mol. The summed E-state index contributed by atoms with van der Waals surface area (Å²) in [5.74, 6) is -0.733. The molecule has 2 unspecified atom stereocenters. The predicted molar refractivity (Wildman–Crippen MR) is 97.2 cm³/mol. The van der Waals surface area contributed by atoms with Crippen LogP contribution in [0.3, 0.4) is 0 Å². The van der Waals surface area contributed by atoms with Gasteiger partial charge in [0.05, 0.1) is 0 Å². The highest BCUT2D eigenvalue weighted by Gasteiger charge is 2.15. The highest BCUT2D eigenvalue weighted by Crippen LogP contribution is 2.22. The summed E-state index contributed by atoms with van der Waals surface area (Å²) in [6, 6.07) is 0. The Labute approximate surface area is 147 Å². The molecule has 0 rings (SSSR count). The Kier molecular flexibility index (Phi) is 16.0. The summed E-state index contributed by atoms with van der Waals surface area (Å²) in [5.41, 5.74) is 0. The van der Waals surface area contributed by atoms with Crippen molar-refractivity contribution in [3.05, 3.63) is 0 Å². The second-order valence-corrected chi connectivity index (χ2v) is 7.41. The summed E-state index contributed by atoms with van der Waals surface area (Å²) < 4.78 is 0. The highest BCUT2D eigenvalue weighted by atomic mass is 35.5. The first kappa shape index (κ1) is 22.1. The third-order valence-corrected chi connectivity index (χ3v) is 5.27. The molecule has 0 fully saturated rings. The average Bonchev–Trinajstić information content (AvgIpc) is 2.49. The molecule has 0 aromatic rings. The van der Waals surface area contributed by atoms with Crippen molar-refractivity contribution in [3.63, 3.8) is 0 Å². The largest absolute Gasteiger partial charge is 0.481 e. The Morgan fingerprint density at radius 2 is 1.18 bits per heavy atom. The molecule has 0 bridgehead atoms. The first-order valence-electron chi connectivity index (χ1n) is 9.07. The third-order valence-electron chi connectivity index (χ3n) is 4.10. The van der Waals surface area contributed by atoms with Crippen LogP contribution >= 0.6 is 23.2 Å². The summed E-state index contributed by atoms with van der Waals surface area (Å²) in [6.45, 7) is 2.25. The number of aliphatic carboxylic acids is 1. The van der Waals surface area contributed by atoms with Crippen LogP contribution < -0.4 is 0 Å². The lowest BCUT2D eigenvalue weighted by Crippen LogP contribution is -2.15. The lowest BCUT2D eigenvalue weighted by Gasteiger charge is -2.15. The third kappa shape index (κ3) is 15.0. The Morgan fingerprint density at radius 1 is 0.773 bits per heavy atom. The molecule has 0 amide bonds. The summed E-state index contributed by atoms with van der Waals surface area (Å²) in [4.78, 5) is 10.4. The number of carboxylic acids is 1. The Balaban J connectivity index is 3.36. The Hall–Kier alpha value is 0.0500. The van der Waals surface area contributed by atoms with Crippen LogP contribution in [0.2, 0.25) is 0 Å². The van der Waals surface area contributed by atoms with Crippen LogP contribution in [0.15, 0.2) is 0 Å². The van der Waals surface area contributed by atoms with Crippen molar-refractivity contribution in [2.45, 2.75) is 108 Å². The fourth-order valence-electron chi connectivity index (χ4n) is 2.63. The van der Waals surface area contributed by atoms with Crippen molar-refractivity contribution < 1.29 is 9.90 Å². The van der Waals surface area contributed by atoms with Crippen LogP contribution in [0.25, 0.3) is 0 Å². The fourth-order valence-corrected chi connectivity index (χ4v) is 3.19. The van der Waals surface area contributed by atoms with Gasteiger partial charge in [0, 0.05) is 17.2 Å². The molecular formula is C18H34Cl2O2. The van der Waals surface area contributed by atoms with Crippen LogP contribution in [0.1, 0.15) is 96.8 Å². The second kappa shape index (κ2) is 15.9. The quantitative estimate of drug-likeness (QED) is 0.246. The van der Waals surface area contributed by atoms with Gasteiger partial charge < -0.3 is 5.11 Å². The van der Waals surface area contributed by atoms with Gasteiger partial charge >= 0.3 is 5.97 Å². The van der Waals surface area contributed by atoms with E-state index < -0.39 is 5.97 Å². The normalized spacial score (nSPS) is 14.0. The maximum Gasteiger partial charge on any atom is 0.303 e. The molecule has 1 N–H and O–H groups in total. The van der Waals surface area contributed by atoms with Gasteiger partial charge in [-0.2, -0.15) is 0 Å². The van der Waals surface area contributed by atoms with Gasteiger partial charge in [0.25, 0.3) is 0 Å². The maximum atomic E-state index is 10.4. The van der Waals surface area contributed by atoms with Crippen LogP contribution in [-0.4, -0.2) is 21.8 Å². The molecule has 0 aromatic heterocycles. The molecule has 0 saturated heterocycles. The van der Waals surface area contributed by atoms with E-state index in [1.54, 1.807) is 0 Å². The first-order chi connectivity index (χ1) is 10.6. The smallest absolute Gasteiger partial charge is 0.303 e. The van der Waals surface area contributed by atoms with Crippen LogP contribution in [0.5, 0.6) is 0 Å². The minimum Gasteiger partial charge on any atom is -0.481 e. The summed E-state index contributed by atoms with van der Waals surface area (Å²) in [5, 5.41) is 8.58. The van der Waals surface area contributed by atoms with E-state index in [9.17, 15) is 4.79 Å². The summed E-state index contributed by atoms with van der Waals surface area (Å²) in [7, 11) is 0. The molecule has 0 heterocycles. The van der Waals surface area contributed by atoms with E-state index in [2.05, 4.69) is 6.92 Å². The molecule has 0 aliphatic rings.